The molecule has 0 aromatic rings. The van der Waals surface area contributed by atoms with Crippen molar-refractivity contribution < 1.29 is 30.0 Å². The molecule has 0 aromatic heterocycles. The maximum Gasteiger partial charge on any atom is 0.327 e. The summed E-state index contributed by atoms with van der Waals surface area (Å²) >= 11 is 0. The van der Waals surface area contributed by atoms with Crippen LogP contribution in [-0.4, -0.2) is 45.6 Å². The summed E-state index contributed by atoms with van der Waals surface area (Å²) in [5.74, 6) is -1.85. The molecule has 0 bridgehead atoms. The van der Waals surface area contributed by atoms with Crippen molar-refractivity contribution in [2.45, 2.75) is 45.4 Å². The lowest BCUT2D eigenvalue weighted by atomic mass is 10.0. The molecule has 22 heavy (non-hydrogen) atoms. The van der Waals surface area contributed by atoms with Gasteiger partial charge < -0.3 is 20.4 Å². The Hall–Kier alpha value is -1.66. The monoisotopic (exact) mass is 318 g/mol. The predicted octanol–water partition coefficient (Wildman–Crippen LogP) is 2.46. The zero-order chi connectivity index (χ0) is 17.8. The molecule has 130 valence electrons. The fraction of sp³-hybridized carbons (Fsp3) is 0.625. The molecule has 0 aliphatic carbocycles. The van der Waals surface area contributed by atoms with Gasteiger partial charge in [0, 0.05) is 31.3 Å². The van der Waals surface area contributed by atoms with Crippen LogP contribution in [0.2, 0.25) is 0 Å². The highest BCUT2D eigenvalue weighted by Crippen LogP contribution is 2.10. The highest BCUT2D eigenvalue weighted by atomic mass is 16.4. The summed E-state index contributed by atoms with van der Waals surface area (Å²) in [5, 5.41) is 32.7. The van der Waals surface area contributed by atoms with Crippen LogP contribution in [0.3, 0.4) is 0 Å². The third kappa shape index (κ3) is 31.0. The number of carboxylic acid groups (broad SMARTS) is 2. The van der Waals surface area contributed by atoms with Gasteiger partial charge in [0.05, 0.1) is 0 Å². The lowest BCUT2D eigenvalue weighted by molar-refractivity contribution is -0.132. The minimum absolute atomic E-state index is 0.117. The van der Waals surface area contributed by atoms with Crippen molar-refractivity contribution in [1.29, 1.82) is 0 Å². The van der Waals surface area contributed by atoms with Gasteiger partial charge in [-0.25, -0.2) is 9.59 Å². The van der Waals surface area contributed by atoms with Gasteiger partial charge in [-0.2, -0.15) is 0 Å². The zero-order valence-electron chi connectivity index (χ0n) is 13.4. The summed E-state index contributed by atoms with van der Waals surface area (Å²) in [7, 11) is 0. The molecule has 0 aromatic carbocycles. The Kier molecular flexibility index (Phi) is 24.9. The molecular weight excluding hydrogens is 288 g/mol. The van der Waals surface area contributed by atoms with E-state index in [-0.39, 0.29) is 19.1 Å². The number of aliphatic hydroxyl groups excluding tert-OH is 2. The van der Waals surface area contributed by atoms with E-state index < -0.39 is 11.9 Å². The molecule has 0 atom stereocenters. The van der Waals surface area contributed by atoms with Crippen LogP contribution in [0.4, 0.5) is 0 Å². The van der Waals surface area contributed by atoms with Crippen LogP contribution < -0.4 is 0 Å². The van der Waals surface area contributed by atoms with E-state index in [4.69, 9.17) is 20.4 Å². The van der Waals surface area contributed by atoms with Crippen molar-refractivity contribution in [2.75, 3.05) is 13.2 Å². The molecule has 4 N–H and O–H groups in total. The Morgan fingerprint density at radius 2 is 1.27 bits per heavy atom. The predicted molar refractivity (Wildman–Crippen MR) is 86.7 cm³/mol. The molecular formula is C16H30O6. The molecule has 0 unspecified atom stereocenters. The van der Waals surface area contributed by atoms with Crippen molar-refractivity contribution >= 4 is 11.9 Å². The van der Waals surface area contributed by atoms with Crippen LogP contribution in [0, 0.1) is 5.92 Å². The van der Waals surface area contributed by atoms with Crippen LogP contribution >= 0.6 is 0 Å². The summed E-state index contributed by atoms with van der Waals surface area (Å²) in [6.07, 6.45) is 8.89. The van der Waals surface area contributed by atoms with Gasteiger partial charge in [-0.3, -0.25) is 0 Å². The average Bonchev–Trinajstić information content (AvgIpc) is 2.52. The maximum atomic E-state index is 9.25. The van der Waals surface area contributed by atoms with Crippen molar-refractivity contribution in [3.05, 3.63) is 25.3 Å². The third-order valence-electron chi connectivity index (χ3n) is 2.58. The number of hydrogen-bond acceptors (Lipinski definition) is 4. The van der Waals surface area contributed by atoms with Gasteiger partial charge in [0.2, 0.25) is 0 Å². The Balaban J connectivity index is -0.000000298. The van der Waals surface area contributed by atoms with Gasteiger partial charge >= 0.3 is 11.9 Å². The Morgan fingerprint density at radius 3 is 1.55 bits per heavy atom. The second-order valence-electron chi connectivity index (χ2n) is 4.52. The molecule has 0 radical (unpaired) electrons. The fourth-order valence-corrected chi connectivity index (χ4v) is 1.28. The molecule has 0 heterocycles. The SMILES string of the molecule is C=CC(=O)O.C=CC(=O)O.CCCCCCCC(CO)CO. The van der Waals surface area contributed by atoms with E-state index in [1.165, 1.54) is 25.7 Å². The van der Waals surface area contributed by atoms with E-state index in [0.29, 0.717) is 0 Å². The second kappa shape index (κ2) is 21.6. The number of aliphatic hydroxyl groups is 2. The highest BCUT2D eigenvalue weighted by Gasteiger charge is 2.04. The Bertz CT molecular complexity index is 266. The fourth-order valence-electron chi connectivity index (χ4n) is 1.28. The van der Waals surface area contributed by atoms with Gasteiger partial charge in [0.25, 0.3) is 0 Å². The summed E-state index contributed by atoms with van der Waals surface area (Å²) in [6, 6.07) is 0. The number of aliphatic carboxylic acids is 2. The van der Waals surface area contributed by atoms with Crippen LogP contribution in [0.15, 0.2) is 25.3 Å². The summed E-state index contributed by atoms with van der Waals surface area (Å²) < 4.78 is 0. The van der Waals surface area contributed by atoms with E-state index in [1.807, 2.05) is 0 Å². The lowest BCUT2D eigenvalue weighted by Gasteiger charge is -2.09. The van der Waals surface area contributed by atoms with Gasteiger partial charge in [0.15, 0.2) is 0 Å². The van der Waals surface area contributed by atoms with Crippen molar-refractivity contribution in [3.8, 4) is 0 Å². The third-order valence-corrected chi connectivity index (χ3v) is 2.58. The number of carbonyl (C=O) groups is 2. The van der Waals surface area contributed by atoms with Crippen LogP contribution in [0.1, 0.15) is 45.4 Å². The topological polar surface area (TPSA) is 115 Å². The van der Waals surface area contributed by atoms with E-state index >= 15 is 0 Å². The normalized spacial score (nSPS) is 8.91. The smallest absolute Gasteiger partial charge is 0.327 e. The molecule has 6 nitrogen and oxygen atoms in total. The number of carboxylic acids is 2. The molecule has 0 saturated carbocycles. The molecule has 0 rings (SSSR count). The molecule has 6 heteroatoms. The molecule has 0 fully saturated rings. The minimum atomic E-state index is -0.981. The van der Waals surface area contributed by atoms with Gasteiger partial charge in [-0.05, 0) is 6.42 Å². The van der Waals surface area contributed by atoms with Gasteiger partial charge in [-0.15, -0.1) is 0 Å². The zero-order valence-corrected chi connectivity index (χ0v) is 13.4. The maximum absolute atomic E-state index is 9.25. The van der Waals surface area contributed by atoms with Crippen LogP contribution in [0.5, 0.6) is 0 Å². The summed E-state index contributed by atoms with van der Waals surface area (Å²) in [4.78, 5) is 18.5. The first-order valence-electron chi connectivity index (χ1n) is 7.31. The van der Waals surface area contributed by atoms with Crippen molar-refractivity contribution in [1.82, 2.24) is 0 Å². The van der Waals surface area contributed by atoms with Crippen molar-refractivity contribution in [3.63, 3.8) is 0 Å². The van der Waals surface area contributed by atoms with Gasteiger partial charge in [0.1, 0.15) is 0 Å². The first-order valence-corrected chi connectivity index (χ1v) is 7.31. The number of unbranched alkanes of at least 4 members (excludes halogenated alkanes) is 4. The average molecular weight is 318 g/mol. The van der Waals surface area contributed by atoms with Crippen molar-refractivity contribution in [2.24, 2.45) is 5.92 Å². The van der Waals surface area contributed by atoms with E-state index in [0.717, 1.165) is 25.0 Å². The Labute approximate surface area is 132 Å². The minimum Gasteiger partial charge on any atom is -0.478 e. The first-order chi connectivity index (χ1) is 10.4. The lowest BCUT2D eigenvalue weighted by Crippen LogP contribution is -2.10. The second-order valence-corrected chi connectivity index (χ2v) is 4.52. The molecule has 0 spiro atoms. The van der Waals surface area contributed by atoms with Crippen LogP contribution in [0.25, 0.3) is 0 Å². The van der Waals surface area contributed by atoms with Gasteiger partial charge in [-0.1, -0.05) is 52.2 Å². The largest absolute Gasteiger partial charge is 0.478 e. The Morgan fingerprint density at radius 1 is 0.909 bits per heavy atom. The van der Waals surface area contributed by atoms with E-state index in [9.17, 15) is 9.59 Å². The standard InChI is InChI=1S/C10H22O2.2C3H4O2/c1-2-3-4-5-6-7-10(8-11)9-12;2*1-2-3(4)5/h10-12H,2-9H2,1H3;2*2H,1H2,(H,4,5). The molecule has 0 aliphatic heterocycles. The summed E-state index contributed by atoms with van der Waals surface area (Å²) in [5.41, 5.74) is 0. The number of hydrogen-bond donors (Lipinski definition) is 4. The quantitative estimate of drug-likeness (QED) is 0.363. The first kappa shape index (κ1) is 25.3. The molecule has 0 aliphatic rings. The van der Waals surface area contributed by atoms with E-state index in [1.54, 1.807) is 0 Å². The molecule has 0 amide bonds. The molecule has 0 saturated heterocycles. The summed E-state index contributed by atoms with van der Waals surface area (Å²) in [6.45, 7) is 8.38. The highest BCUT2D eigenvalue weighted by molar-refractivity contribution is 5.79. The number of rotatable bonds is 10. The van der Waals surface area contributed by atoms with Crippen LogP contribution in [-0.2, 0) is 9.59 Å². The van der Waals surface area contributed by atoms with E-state index in [2.05, 4.69) is 20.1 Å².